The summed E-state index contributed by atoms with van der Waals surface area (Å²) in [6.45, 7) is 2.97. The standard InChI is InChI=1S/C16H20N2O4S/c1-10-13(15(19)21-2)14(12-6-4-8-23-12)17-16(20)18(10)9-11-5-3-7-22-11/h4,6,8,11,14H,3,5,7,9H2,1-2H3,(H,17,20)/t11-,14-/m1/s1. The minimum Gasteiger partial charge on any atom is -0.466 e. The molecule has 0 radical (unpaired) electrons. The molecule has 1 aromatic heterocycles. The van der Waals surface area contributed by atoms with Crippen molar-refractivity contribution in [1.29, 1.82) is 0 Å². The molecule has 3 heterocycles. The number of hydrogen-bond acceptors (Lipinski definition) is 5. The molecule has 6 nitrogen and oxygen atoms in total. The van der Waals surface area contributed by atoms with Crippen molar-refractivity contribution >= 4 is 23.3 Å². The van der Waals surface area contributed by atoms with Crippen LogP contribution in [0.15, 0.2) is 28.8 Å². The average molecular weight is 336 g/mol. The molecule has 2 aliphatic heterocycles. The maximum atomic E-state index is 12.5. The lowest BCUT2D eigenvalue weighted by Gasteiger charge is -2.35. The van der Waals surface area contributed by atoms with E-state index < -0.39 is 12.0 Å². The van der Waals surface area contributed by atoms with Crippen molar-refractivity contribution in [3.05, 3.63) is 33.7 Å². The number of nitrogens with zero attached hydrogens (tertiary/aromatic N) is 1. The number of carbonyl (C=O) groups excluding carboxylic acids is 2. The van der Waals surface area contributed by atoms with Gasteiger partial charge in [-0.1, -0.05) is 6.07 Å². The highest BCUT2D eigenvalue weighted by atomic mass is 32.1. The number of ether oxygens (including phenoxy) is 2. The van der Waals surface area contributed by atoms with Crippen molar-refractivity contribution in [2.75, 3.05) is 20.3 Å². The lowest BCUT2D eigenvalue weighted by Crippen LogP contribution is -2.49. The van der Waals surface area contributed by atoms with Crippen LogP contribution < -0.4 is 5.32 Å². The van der Waals surface area contributed by atoms with E-state index in [1.54, 1.807) is 11.8 Å². The number of amides is 2. The number of rotatable bonds is 4. The highest BCUT2D eigenvalue weighted by Gasteiger charge is 2.37. The monoisotopic (exact) mass is 336 g/mol. The molecule has 23 heavy (non-hydrogen) atoms. The molecule has 0 saturated carbocycles. The Bertz CT molecular complexity index is 620. The van der Waals surface area contributed by atoms with Crippen LogP contribution >= 0.6 is 11.3 Å². The first kappa shape index (κ1) is 16.0. The van der Waals surface area contributed by atoms with Crippen LogP contribution in [0.1, 0.15) is 30.7 Å². The van der Waals surface area contributed by atoms with Gasteiger partial charge < -0.3 is 14.8 Å². The fourth-order valence-electron chi connectivity index (χ4n) is 3.04. The van der Waals surface area contributed by atoms with Crippen LogP contribution in [-0.4, -0.2) is 43.3 Å². The van der Waals surface area contributed by atoms with Crippen LogP contribution in [0.5, 0.6) is 0 Å². The predicted molar refractivity (Wildman–Crippen MR) is 86.0 cm³/mol. The Morgan fingerprint density at radius 1 is 1.57 bits per heavy atom. The van der Waals surface area contributed by atoms with Crippen molar-refractivity contribution in [3.8, 4) is 0 Å². The first-order valence-electron chi connectivity index (χ1n) is 7.64. The number of carbonyl (C=O) groups is 2. The number of allylic oxidation sites excluding steroid dienone is 1. The minimum atomic E-state index is -0.462. The lowest BCUT2D eigenvalue weighted by atomic mass is 10.00. The smallest absolute Gasteiger partial charge is 0.338 e. The number of esters is 1. The molecule has 0 unspecified atom stereocenters. The van der Waals surface area contributed by atoms with Crippen molar-refractivity contribution in [1.82, 2.24) is 10.2 Å². The average Bonchev–Trinajstić information content (AvgIpc) is 3.23. The third kappa shape index (κ3) is 3.11. The number of methoxy groups -OCH3 is 1. The SMILES string of the molecule is COC(=O)C1=C(C)N(C[C@H]2CCCO2)C(=O)N[C@@H]1c1cccs1. The molecule has 3 rings (SSSR count). The van der Waals surface area contributed by atoms with Crippen molar-refractivity contribution in [2.24, 2.45) is 0 Å². The number of urea groups is 1. The second-order valence-corrected chi connectivity index (χ2v) is 6.61. The Balaban J connectivity index is 1.94. The van der Waals surface area contributed by atoms with E-state index in [-0.39, 0.29) is 12.1 Å². The quantitative estimate of drug-likeness (QED) is 0.858. The lowest BCUT2D eigenvalue weighted by molar-refractivity contribution is -0.136. The number of hydrogen-bond donors (Lipinski definition) is 1. The van der Waals surface area contributed by atoms with Crippen LogP contribution in [0.2, 0.25) is 0 Å². The molecular weight excluding hydrogens is 316 g/mol. The molecule has 2 amide bonds. The van der Waals surface area contributed by atoms with Gasteiger partial charge in [-0.25, -0.2) is 9.59 Å². The zero-order valence-corrected chi connectivity index (χ0v) is 14.0. The second kappa shape index (κ2) is 6.72. The maximum Gasteiger partial charge on any atom is 0.338 e. The maximum absolute atomic E-state index is 12.5. The fourth-order valence-corrected chi connectivity index (χ4v) is 3.82. The summed E-state index contributed by atoms with van der Waals surface area (Å²) in [4.78, 5) is 27.3. The van der Waals surface area contributed by atoms with Crippen LogP contribution in [0.3, 0.4) is 0 Å². The van der Waals surface area contributed by atoms with Crippen LogP contribution in [-0.2, 0) is 14.3 Å². The molecular formula is C16H20N2O4S. The molecule has 1 fully saturated rings. The molecule has 124 valence electrons. The minimum absolute atomic E-state index is 0.0212. The summed E-state index contributed by atoms with van der Waals surface area (Å²) in [5.74, 6) is -0.418. The zero-order valence-electron chi connectivity index (χ0n) is 13.2. The molecule has 1 aromatic rings. The summed E-state index contributed by atoms with van der Waals surface area (Å²) < 4.78 is 10.6. The molecule has 0 spiro atoms. The summed E-state index contributed by atoms with van der Waals surface area (Å²) >= 11 is 1.50. The molecule has 0 aromatic carbocycles. The van der Waals surface area contributed by atoms with Crippen LogP contribution in [0, 0.1) is 0 Å². The van der Waals surface area contributed by atoms with Gasteiger partial charge in [0.25, 0.3) is 0 Å². The Kier molecular flexibility index (Phi) is 4.68. The molecule has 2 aliphatic rings. The molecule has 1 N–H and O–H groups in total. The van der Waals surface area contributed by atoms with E-state index in [1.807, 2.05) is 17.5 Å². The summed E-state index contributed by atoms with van der Waals surface area (Å²) in [7, 11) is 1.36. The topological polar surface area (TPSA) is 67.9 Å². The van der Waals surface area contributed by atoms with E-state index in [2.05, 4.69) is 5.32 Å². The van der Waals surface area contributed by atoms with Crippen LogP contribution in [0.4, 0.5) is 4.79 Å². The van der Waals surface area contributed by atoms with Crippen molar-refractivity contribution < 1.29 is 19.1 Å². The second-order valence-electron chi connectivity index (χ2n) is 5.63. The summed E-state index contributed by atoms with van der Waals surface area (Å²) in [6.07, 6.45) is 1.96. The van der Waals surface area contributed by atoms with Gasteiger partial charge in [0.2, 0.25) is 0 Å². The molecule has 0 bridgehead atoms. The number of thiophene rings is 1. The van der Waals surface area contributed by atoms with E-state index in [1.165, 1.54) is 18.4 Å². The Morgan fingerprint density at radius 2 is 2.39 bits per heavy atom. The van der Waals surface area contributed by atoms with Gasteiger partial charge in [0.1, 0.15) is 0 Å². The molecule has 7 heteroatoms. The third-order valence-electron chi connectivity index (χ3n) is 4.24. The van der Waals surface area contributed by atoms with E-state index >= 15 is 0 Å². The van der Waals surface area contributed by atoms with Gasteiger partial charge in [0.15, 0.2) is 0 Å². The fraction of sp³-hybridized carbons (Fsp3) is 0.500. The van der Waals surface area contributed by atoms with Gasteiger partial charge in [-0.3, -0.25) is 4.90 Å². The van der Waals surface area contributed by atoms with Gasteiger partial charge in [-0.05, 0) is 31.2 Å². The van der Waals surface area contributed by atoms with E-state index in [9.17, 15) is 9.59 Å². The molecule has 1 saturated heterocycles. The summed E-state index contributed by atoms with van der Waals surface area (Å²) in [5, 5.41) is 4.84. The number of nitrogens with one attached hydrogen (secondary N) is 1. The Morgan fingerprint density at radius 3 is 3.00 bits per heavy atom. The molecule has 0 aliphatic carbocycles. The zero-order chi connectivity index (χ0) is 16.4. The van der Waals surface area contributed by atoms with Gasteiger partial charge in [-0.15, -0.1) is 11.3 Å². The highest BCUT2D eigenvalue weighted by Crippen LogP contribution is 2.33. The van der Waals surface area contributed by atoms with Crippen molar-refractivity contribution in [3.63, 3.8) is 0 Å². The first-order valence-corrected chi connectivity index (χ1v) is 8.52. The van der Waals surface area contributed by atoms with Gasteiger partial charge in [-0.2, -0.15) is 0 Å². The van der Waals surface area contributed by atoms with E-state index in [4.69, 9.17) is 9.47 Å². The van der Waals surface area contributed by atoms with Gasteiger partial charge in [0, 0.05) is 17.2 Å². The first-order chi connectivity index (χ1) is 11.1. The highest BCUT2D eigenvalue weighted by molar-refractivity contribution is 7.10. The summed E-state index contributed by atoms with van der Waals surface area (Å²) in [6, 6.07) is 3.14. The van der Waals surface area contributed by atoms with Crippen molar-refractivity contribution in [2.45, 2.75) is 31.9 Å². The summed E-state index contributed by atoms with van der Waals surface area (Å²) in [5.41, 5.74) is 1.11. The Hall–Kier alpha value is -1.86. The van der Waals surface area contributed by atoms with E-state index in [0.717, 1.165) is 24.3 Å². The third-order valence-corrected chi connectivity index (χ3v) is 5.18. The molecule has 2 atom stereocenters. The normalized spacial score (nSPS) is 24.8. The van der Waals surface area contributed by atoms with Gasteiger partial charge in [0.05, 0.1) is 31.4 Å². The van der Waals surface area contributed by atoms with Gasteiger partial charge >= 0.3 is 12.0 Å². The Labute approximate surface area is 139 Å². The van der Waals surface area contributed by atoms with Crippen LogP contribution in [0.25, 0.3) is 0 Å². The van der Waals surface area contributed by atoms with E-state index in [0.29, 0.717) is 17.8 Å². The largest absolute Gasteiger partial charge is 0.466 e. The predicted octanol–water partition coefficient (Wildman–Crippen LogP) is 2.44.